The topological polar surface area (TPSA) is 46.2 Å². The van der Waals surface area contributed by atoms with Gasteiger partial charge in [0.1, 0.15) is 0 Å². The fourth-order valence-corrected chi connectivity index (χ4v) is 3.88. The van der Waals surface area contributed by atoms with E-state index >= 15 is 0 Å². The molecule has 0 spiro atoms. The minimum Gasteiger partial charge on any atom is -0.313 e. The van der Waals surface area contributed by atoms with E-state index in [0.717, 1.165) is 11.1 Å². The quantitative estimate of drug-likeness (QED) is 0.854. The van der Waals surface area contributed by atoms with Gasteiger partial charge in [-0.2, -0.15) is 0 Å². The van der Waals surface area contributed by atoms with E-state index in [1.54, 1.807) is 13.0 Å². The minimum absolute atomic E-state index is 0.190. The predicted molar refractivity (Wildman–Crippen MR) is 64.3 cm³/mol. The van der Waals surface area contributed by atoms with Gasteiger partial charge >= 0.3 is 0 Å². The van der Waals surface area contributed by atoms with Crippen LogP contribution in [-0.2, 0) is 16.3 Å². The van der Waals surface area contributed by atoms with Crippen molar-refractivity contribution in [2.45, 2.75) is 36.5 Å². The predicted octanol–water partition coefficient (Wildman–Crippen LogP) is 1.69. The molecule has 4 heteroatoms. The van der Waals surface area contributed by atoms with Crippen LogP contribution in [-0.4, -0.2) is 20.7 Å². The Balaban J connectivity index is 2.62. The molecule has 1 heterocycles. The molecule has 16 heavy (non-hydrogen) atoms. The maximum absolute atomic E-state index is 12.0. The minimum atomic E-state index is -3.08. The van der Waals surface area contributed by atoms with Crippen LogP contribution in [0.15, 0.2) is 23.1 Å². The van der Waals surface area contributed by atoms with Crippen LogP contribution in [0.2, 0.25) is 0 Å². The molecule has 1 aliphatic heterocycles. The van der Waals surface area contributed by atoms with E-state index in [-0.39, 0.29) is 11.3 Å². The van der Waals surface area contributed by atoms with Gasteiger partial charge < -0.3 is 5.32 Å². The second-order valence-electron chi connectivity index (χ2n) is 4.39. The average Bonchev–Trinajstić information content (AvgIpc) is 2.49. The summed E-state index contributed by atoms with van der Waals surface area (Å²) in [5.74, 6) is 0. The van der Waals surface area contributed by atoms with E-state index < -0.39 is 9.84 Å². The van der Waals surface area contributed by atoms with E-state index in [4.69, 9.17) is 0 Å². The Morgan fingerprint density at radius 3 is 2.75 bits per heavy atom. The summed E-state index contributed by atoms with van der Waals surface area (Å²) in [5, 5.41) is 2.87. The molecule has 88 valence electrons. The zero-order valence-corrected chi connectivity index (χ0v) is 10.6. The van der Waals surface area contributed by atoms with Crippen molar-refractivity contribution in [3.05, 3.63) is 29.3 Å². The zero-order valence-electron chi connectivity index (χ0n) is 9.82. The number of rotatable bonds is 2. The summed E-state index contributed by atoms with van der Waals surface area (Å²) < 4.78 is 24.1. The third-order valence-electron chi connectivity index (χ3n) is 3.40. The largest absolute Gasteiger partial charge is 0.313 e. The molecule has 0 amide bonds. The van der Waals surface area contributed by atoms with Crippen molar-refractivity contribution < 1.29 is 8.42 Å². The van der Waals surface area contributed by atoms with Gasteiger partial charge in [0, 0.05) is 6.04 Å². The van der Waals surface area contributed by atoms with Gasteiger partial charge in [0.2, 0.25) is 0 Å². The third-order valence-corrected chi connectivity index (χ3v) is 5.62. The van der Waals surface area contributed by atoms with E-state index in [0.29, 0.717) is 11.3 Å². The van der Waals surface area contributed by atoms with Gasteiger partial charge in [-0.05, 0) is 44.5 Å². The standard InChI is InChI=1S/C12H17NO2S/c1-8-7-11-10(9(2)13-3)5-4-6-12(11)16(8,14)15/h4-6,8-9,13H,7H2,1-3H3. The summed E-state index contributed by atoms with van der Waals surface area (Å²) in [5.41, 5.74) is 2.10. The molecule has 1 aliphatic rings. The maximum Gasteiger partial charge on any atom is 0.181 e. The SMILES string of the molecule is CNC(C)c1cccc2c1CC(C)S2(=O)=O. The Morgan fingerprint density at radius 1 is 1.44 bits per heavy atom. The van der Waals surface area contributed by atoms with Crippen molar-refractivity contribution in [3.8, 4) is 0 Å². The summed E-state index contributed by atoms with van der Waals surface area (Å²) in [6.07, 6.45) is 0.639. The lowest BCUT2D eigenvalue weighted by Crippen LogP contribution is -2.14. The van der Waals surface area contributed by atoms with E-state index in [9.17, 15) is 8.42 Å². The molecule has 0 aliphatic carbocycles. The first-order valence-electron chi connectivity index (χ1n) is 5.51. The Hall–Kier alpha value is -0.870. The lowest BCUT2D eigenvalue weighted by Gasteiger charge is -2.14. The van der Waals surface area contributed by atoms with Gasteiger partial charge in [-0.15, -0.1) is 0 Å². The number of benzene rings is 1. The summed E-state index contributed by atoms with van der Waals surface area (Å²) >= 11 is 0. The Kier molecular flexibility index (Phi) is 2.80. The fraction of sp³-hybridized carbons (Fsp3) is 0.500. The van der Waals surface area contributed by atoms with E-state index in [2.05, 4.69) is 5.32 Å². The number of sulfone groups is 1. The van der Waals surface area contributed by atoms with Crippen LogP contribution in [0.5, 0.6) is 0 Å². The highest BCUT2D eigenvalue weighted by Crippen LogP contribution is 2.35. The molecule has 0 bridgehead atoms. The highest BCUT2D eigenvalue weighted by molar-refractivity contribution is 7.92. The first-order valence-corrected chi connectivity index (χ1v) is 7.06. The number of nitrogens with one attached hydrogen (secondary N) is 1. The fourth-order valence-electron chi connectivity index (χ4n) is 2.24. The van der Waals surface area contributed by atoms with Crippen molar-refractivity contribution >= 4 is 9.84 Å². The van der Waals surface area contributed by atoms with Crippen LogP contribution in [0, 0.1) is 0 Å². The van der Waals surface area contributed by atoms with Crippen LogP contribution < -0.4 is 5.32 Å². The first-order chi connectivity index (χ1) is 7.48. The Bertz CT molecular complexity index is 508. The Morgan fingerprint density at radius 2 is 2.12 bits per heavy atom. The van der Waals surface area contributed by atoms with Crippen molar-refractivity contribution in [2.75, 3.05) is 7.05 Å². The second-order valence-corrected chi connectivity index (χ2v) is 6.73. The number of fused-ring (bicyclic) bond motifs is 1. The van der Waals surface area contributed by atoms with Gasteiger partial charge in [0.15, 0.2) is 9.84 Å². The van der Waals surface area contributed by atoms with Crippen molar-refractivity contribution in [1.29, 1.82) is 0 Å². The normalized spacial score (nSPS) is 24.1. The molecule has 3 nitrogen and oxygen atoms in total. The molecule has 2 rings (SSSR count). The molecule has 0 saturated heterocycles. The molecule has 1 N–H and O–H groups in total. The highest BCUT2D eigenvalue weighted by Gasteiger charge is 2.35. The molecule has 0 saturated carbocycles. The van der Waals surface area contributed by atoms with E-state index in [1.807, 2.05) is 26.1 Å². The van der Waals surface area contributed by atoms with Crippen LogP contribution in [0.4, 0.5) is 0 Å². The first kappa shape index (κ1) is 11.6. The van der Waals surface area contributed by atoms with Crippen LogP contribution in [0.25, 0.3) is 0 Å². The van der Waals surface area contributed by atoms with Crippen LogP contribution >= 0.6 is 0 Å². The van der Waals surface area contributed by atoms with Gasteiger partial charge in [-0.25, -0.2) is 8.42 Å². The summed E-state index contributed by atoms with van der Waals surface area (Å²) in [6.45, 7) is 3.83. The third kappa shape index (κ3) is 1.57. The van der Waals surface area contributed by atoms with Crippen LogP contribution in [0.3, 0.4) is 0 Å². The summed E-state index contributed by atoms with van der Waals surface area (Å²) in [6, 6.07) is 5.75. The monoisotopic (exact) mass is 239 g/mol. The average molecular weight is 239 g/mol. The van der Waals surface area contributed by atoms with Crippen molar-refractivity contribution in [1.82, 2.24) is 5.32 Å². The zero-order chi connectivity index (χ0) is 11.9. The number of hydrogen-bond donors (Lipinski definition) is 1. The van der Waals surface area contributed by atoms with Gasteiger partial charge in [-0.3, -0.25) is 0 Å². The Labute approximate surface area is 96.8 Å². The van der Waals surface area contributed by atoms with E-state index in [1.165, 1.54) is 0 Å². The van der Waals surface area contributed by atoms with Gasteiger partial charge in [0.25, 0.3) is 0 Å². The molecule has 0 fully saturated rings. The molecule has 2 atom stereocenters. The van der Waals surface area contributed by atoms with Crippen LogP contribution in [0.1, 0.15) is 31.0 Å². The number of hydrogen-bond acceptors (Lipinski definition) is 3. The second kappa shape index (κ2) is 3.86. The smallest absolute Gasteiger partial charge is 0.181 e. The molecule has 1 aromatic rings. The lowest BCUT2D eigenvalue weighted by molar-refractivity contribution is 0.590. The molecule has 0 aromatic heterocycles. The van der Waals surface area contributed by atoms with Gasteiger partial charge in [-0.1, -0.05) is 12.1 Å². The molecular formula is C12H17NO2S. The summed E-state index contributed by atoms with van der Waals surface area (Å²) in [4.78, 5) is 0.527. The van der Waals surface area contributed by atoms with Crippen molar-refractivity contribution in [3.63, 3.8) is 0 Å². The lowest BCUT2D eigenvalue weighted by atomic mass is 9.98. The summed E-state index contributed by atoms with van der Waals surface area (Å²) in [7, 11) is -1.19. The molecule has 0 radical (unpaired) electrons. The molecular weight excluding hydrogens is 222 g/mol. The van der Waals surface area contributed by atoms with Gasteiger partial charge in [0.05, 0.1) is 10.1 Å². The van der Waals surface area contributed by atoms with Crippen molar-refractivity contribution in [2.24, 2.45) is 0 Å². The molecule has 1 aromatic carbocycles. The molecule has 2 unspecified atom stereocenters. The highest BCUT2D eigenvalue weighted by atomic mass is 32.2. The maximum atomic E-state index is 12.0.